The summed E-state index contributed by atoms with van der Waals surface area (Å²) in [7, 11) is 4.52. The summed E-state index contributed by atoms with van der Waals surface area (Å²) in [5.74, 6) is 3.72. The highest BCUT2D eigenvalue weighted by Crippen LogP contribution is 2.66. The lowest BCUT2D eigenvalue weighted by molar-refractivity contribution is -0.120. The summed E-state index contributed by atoms with van der Waals surface area (Å²) >= 11 is 0. The lowest BCUT2D eigenvalue weighted by atomic mass is 9.44. The van der Waals surface area contributed by atoms with Crippen LogP contribution in [0.25, 0.3) is 0 Å². The number of rotatable bonds is 2. The first-order chi connectivity index (χ1) is 11.8. The third-order valence-corrected chi connectivity index (χ3v) is 9.33. The maximum Gasteiger partial charge on any atom is 0.156 e. The number of nitrogens with zero attached hydrogens (tertiary/aromatic N) is 1. The molecule has 3 fully saturated rings. The van der Waals surface area contributed by atoms with Gasteiger partial charge in [-0.15, -0.1) is 0 Å². The van der Waals surface area contributed by atoms with E-state index in [9.17, 15) is 4.79 Å². The molecule has 0 aromatic heterocycles. The Kier molecular flexibility index (Phi) is 4.22. The van der Waals surface area contributed by atoms with Crippen LogP contribution in [-0.4, -0.2) is 30.8 Å². The fraction of sp³-hybridized carbons (Fsp3) is 0.870. The fourth-order valence-corrected chi connectivity index (χ4v) is 7.82. The van der Waals surface area contributed by atoms with Crippen LogP contribution in [0, 0.1) is 34.5 Å². The van der Waals surface area contributed by atoms with E-state index in [4.69, 9.17) is 0 Å². The van der Waals surface area contributed by atoms with Crippen LogP contribution < -0.4 is 0 Å². The normalized spacial score (nSPS) is 49.2. The summed E-state index contributed by atoms with van der Waals surface area (Å²) in [5, 5.41) is 0. The monoisotopic (exact) mass is 343 g/mol. The molecule has 0 bridgehead atoms. The maximum atomic E-state index is 12.2. The molecular weight excluding hydrogens is 306 g/mol. The van der Waals surface area contributed by atoms with E-state index < -0.39 is 0 Å². The van der Waals surface area contributed by atoms with Crippen LogP contribution in [0.2, 0.25) is 0 Å². The van der Waals surface area contributed by atoms with Gasteiger partial charge in [-0.3, -0.25) is 4.79 Å². The van der Waals surface area contributed by atoms with Gasteiger partial charge in [0, 0.05) is 6.04 Å². The quantitative estimate of drug-likeness (QED) is 0.696. The highest BCUT2D eigenvalue weighted by Gasteiger charge is 2.59. The van der Waals surface area contributed by atoms with Gasteiger partial charge in [-0.2, -0.15) is 0 Å². The molecule has 0 saturated heterocycles. The zero-order chi connectivity index (χ0) is 18.0. The molecule has 0 unspecified atom stereocenters. The minimum Gasteiger partial charge on any atom is -0.306 e. The van der Waals surface area contributed by atoms with Crippen molar-refractivity contribution in [2.75, 3.05) is 14.1 Å². The topological polar surface area (TPSA) is 20.3 Å². The summed E-state index contributed by atoms with van der Waals surface area (Å²) in [4.78, 5) is 14.6. The Morgan fingerprint density at radius 1 is 1.08 bits per heavy atom. The predicted molar refractivity (Wildman–Crippen MR) is 103 cm³/mol. The zero-order valence-electron chi connectivity index (χ0n) is 17.0. The molecule has 4 aliphatic rings. The van der Waals surface area contributed by atoms with Gasteiger partial charge < -0.3 is 4.90 Å². The SMILES string of the molecule is CC(=O)C1=CC[C@@H]2[C@H]3CC[C@H]4C[C@H](N(C)C)CC[C@]4(C)[C@@H]3CC[C@]12C. The standard InChI is InChI=1S/C23H37NO/c1-15(25)19-8-9-20-18-7-6-16-14-17(24(4)5)10-12-22(16,2)21(18)11-13-23(19,20)3/h8,16-18,20-21H,6-7,9-14H2,1-5H3/t16-,17+,18+,20+,21+,22-,23+/m0/s1. The van der Waals surface area contributed by atoms with Crippen LogP contribution in [0.3, 0.4) is 0 Å². The molecule has 2 nitrogen and oxygen atoms in total. The molecule has 0 N–H and O–H groups in total. The second-order valence-corrected chi connectivity index (χ2v) is 10.4. The number of hydrogen-bond acceptors (Lipinski definition) is 2. The molecule has 25 heavy (non-hydrogen) atoms. The molecule has 4 rings (SSSR count). The van der Waals surface area contributed by atoms with Crippen molar-refractivity contribution in [3.05, 3.63) is 11.6 Å². The van der Waals surface area contributed by atoms with Crippen LogP contribution in [0.1, 0.15) is 72.1 Å². The molecule has 0 amide bonds. The average molecular weight is 344 g/mol. The van der Waals surface area contributed by atoms with Gasteiger partial charge in [-0.25, -0.2) is 0 Å². The van der Waals surface area contributed by atoms with Crippen LogP contribution in [0.4, 0.5) is 0 Å². The minimum atomic E-state index is 0.178. The first-order valence-electron chi connectivity index (χ1n) is 10.7. The second-order valence-electron chi connectivity index (χ2n) is 10.4. The number of allylic oxidation sites excluding steroid dienone is 2. The maximum absolute atomic E-state index is 12.2. The Labute approximate surface area is 154 Å². The smallest absolute Gasteiger partial charge is 0.156 e. The van der Waals surface area contributed by atoms with Crippen molar-refractivity contribution in [2.45, 2.75) is 78.2 Å². The van der Waals surface area contributed by atoms with E-state index in [1.54, 1.807) is 6.92 Å². The summed E-state index contributed by atoms with van der Waals surface area (Å²) < 4.78 is 0. The zero-order valence-corrected chi connectivity index (χ0v) is 17.0. The van der Waals surface area contributed by atoms with Crippen LogP contribution in [0.15, 0.2) is 11.6 Å². The minimum absolute atomic E-state index is 0.178. The molecule has 0 spiro atoms. The Balaban J connectivity index is 1.58. The summed E-state index contributed by atoms with van der Waals surface area (Å²) in [5.41, 5.74) is 1.90. The molecule has 0 aromatic rings. The van der Waals surface area contributed by atoms with Crippen molar-refractivity contribution in [1.82, 2.24) is 4.90 Å². The third-order valence-electron chi connectivity index (χ3n) is 9.33. The van der Waals surface area contributed by atoms with Crippen molar-refractivity contribution in [2.24, 2.45) is 34.5 Å². The number of hydrogen-bond donors (Lipinski definition) is 0. The van der Waals surface area contributed by atoms with E-state index in [0.717, 1.165) is 36.1 Å². The molecule has 140 valence electrons. The molecule has 2 heteroatoms. The summed E-state index contributed by atoms with van der Waals surface area (Å²) in [6.07, 6.45) is 13.1. The Bertz CT molecular complexity index is 593. The van der Waals surface area contributed by atoms with E-state index >= 15 is 0 Å². The van der Waals surface area contributed by atoms with Crippen molar-refractivity contribution in [3.8, 4) is 0 Å². The summed E-state index contributed by atoms with van der Waals surface area (Å²) in [6.45, 7) is 6.83. The number of ketones is 1. The van der Waals surface area contributed by atoms with Gasteiger partial charge >= 0.3 is 0 Å². The van der Waals surface area contributed by atoms with Crippen molar-refractivity contribution in [3.63, 3.8) is 0 Å². The number of fused-ring (bicyclic) bond motifs is 5. The third kappa shape index (κ3) is 2.50. The molecule has 4 aliphatic carbocycles. The summed E-state index contributed by atoms with van der Waals surface area (Å²) in [6, 6.07) is 0.793. The van der Waals surface area contributed by atoms with Gasteiger partial charge in [-0.05, 0) is 112 Å². The molecule has 0 aromatic carbocycles. The molecule has 3 saturated carbocycles. The van der Waals surface area contributed by atoms with Gasteiger partial charge in [0.25, 0.3) is 0 Å². The van der Waals surface area contributed by atoms with E-state index in [1.165, 1.54) is 50.5 Å². The van der Waals surface area contributed by atoms with E-state index in [0.29, 0.717) is 11.2 Å². The Hall–Kier alpha value is -0.630. The molecule has 0 radical (unpaired) electrons. The largest absolute Gasteiger partial charge is 0.306 e. The molecule has 0 aliphatic heterocycles. The molecule has 0 heterocycles. The van der Waals surface area contributed by atoms with Gasteiger partial charge in [0.2, 0.25) is 0 Å². The van der Waals surface area contributed by atoms with E-state index in [2.05, 4.69) is 38.9 Å². The average Bonchev–Trinajstić information content (AvgIpc) is 2.91. The first kappa shape index (κ1) is 17.8. The van der Waals surface area contributed by atoms with Gasteiger partial charge in [0.15, 0.2) is 5.78 Å². The highest BCUT2D eigenvalue weighted by atomic mass is 16.1. The number of Topliss-reactive ketones (excluding diaryl/α,β-unsaturated/α-hetero) is 1. The van der Waals surface area contributed by atoms with Gasteiger partial charge in [-0.1, -0.05) is 19.9 Å². The predicted octanol–water partition coefficient (Wildman–Crippen LogP) is 5.08. The van der Waals surface area contributed by atoms with Crippen LogP contribution in [-0.2, 0) is 4.79 Å². The number of carbonyl (C=O) groups is 1. The number of carbonyl (C=O) groups excluding carboxylic acids is 1. The van der Waals surface area contributed by atoms with Crippen LogP contribution in [0.5, 0.6) is 0 Å². The van der Waals surface area contributed by atoms with Crippen molar-refractivity contribution < 1.29 is 4.79 Å². The van der Waals surface area contributed by atoms with E-state index in [1.807, 2.05) is 0 Å². The van der Waals surface area contributed by atoms with Crippen LogP contribution >= 0.6 is 0 Å². The Morgan fingerprint density at radius 2 is 1.84 bits per heavy atom. The van der Waals surface area contributed by atoms with Gasteiger partial charge in [0.1, 0.15) is 0 Å². The van der Waals surface area contributed by atoms with Gasteiger partial charge in [0.05, 0.1) is 0 Å². The first-order valence-corrected chi connectivity index (χ1v) is 10.7. The molecular formula is C23H37NO. The highest BCUT2D eigenvalue weighted by molar-refractivity contribution is 5.95. The lowest BCUT2D eigenvalue weighted by Crippen LogP contribution is -2.54. The lowest BCUT2D eigenvalue weighted by Gasteiger charge is -2.61. The van der Waals surface area contributed by atoms with Crippen molar-refractivity contribution in [1.29, 1.82) is 0 Å². The second kappa shape index (κ2) is 5.94. The van der Waals surface area contributed by atoms with E-state index in [-0.39, 0.29) is 5.41 Å². The Morgan fingerprint density at radius 3 is 2.52 bits per heavy atom. The molecule has 7 atom stereocenters. The van der Waals surface area contributed by atoms with Crippen molar-refractivity contribution >= 4 is 5.78 Å². The fourth-order valence-electron chi connectivity index (χ4n) is 7.82.